The van der Waals surface area contributed by atoms with Gasteiger partial charge in [0, 0.05) is 12.2 Å². The maximum absolute atomic E-state index is 12.5. The second-order valence-electron chi connectivity index (χ2n) is 6.60. The summed E-state index contributed by atoms with van der Waals surface area (Å²) in [6.07, 6.45) is 0.822. The summed E-state index contributed by atoms with van der Waals surface area (Å²) in [7, 11) is -3.77. The summed E-state index contributed by atoms with van der Waals surface area (Å²) in [5.74, 6) is -0.132. The van der Waals surface area contributed by atoms with Crippen molar-refractivity contribution in [3.8, 4) is 0 Å². The predicted octanol–water partition coefficient (Wildman–Crippen LogP) is 3.95. The molecule has 0 aliphatic carbocycles. The third kappa shape index (κ3) is 4.39. The molecule has 3 rings (SSSR count). The molecule has 1 heterocycles. The number of fused-ring (bicyclic) bond motifs is 1. The second-order valence-corrected chi connectivity index (χ2v) is 9.12. The molecule has 0 aromatic heterocycles. The Kier molecular flexibility index (Phi) is 6.10. The van der Waals surface area contributed by atoms with Gasteiger partial charge in [0.25, 0.3) is 10.0 Å². The lowest BCUT2D eigenvalue weighted by atomic mass is 10.1. The van der Waals surface area contributed by atoms with E-state index in [1.807, 2.05) is 43.9 Å². The SMILES string of the molecule is CCCN1C(SCC(=O)Nc2ccc(C)c(C)c2)=NS(=O)(=O)c2ccccc21. The molecule has 0 saturated carbocycles. The molecule has 6 nitrogen and oxygen atoms in total. The normalized spacial score (nSPS) is 15.0. The Bertz CT molecular complexity index is 1030. The van der Waals surface area contributed by atoms with Crippen LogP contribution in [0.4, 0.5) is 11.4 Å². The highest BCUT2D eigenvalue weighted by molar-refractivity contribution is 8.15. The Hall–Kier alpha value is -2.32. The van der Waals surface area contributed by atoms with Crippen molar-refractivity contribution in [2.24, 2.45) is 4.40 Å². The van der Waals surface area contributed by atoms with Crippen molar-refractivity contribution in [3.05, 3.63) is 53.6 Å². The molecule has 2 aromatic carbocycles. The zero-order valence-electron chi connectivity index (χ0n) is 16.1. The van der Waals surface area contributed by atoms with Gasteiger partial charge in [0.15, 0.2) is 5.17 Å². The van der Waals surface area contributed by atoms with E-state index in [9.17, 15) is 13.2 Å². The first kappa shape index (κ1) is 20.4. The number of benzene rings is 2. The van der Waals surface area contributed by atoms with Crippen molar-refractivity contribution in [3.63, 3.8) is 0 Å². The van der Waals surface area contributed by atoms with E-state index in [-0.39, 0.29) is 16.6 Å². The number of carbonyl (C=O) groups is 1. The molecule has 0 saturated heterocycles. The summed E-state index contributed by atoms with van der Waals surface area (Å²) >= 11 is 1.13. The number of nitrogens with one attached hydrogen (secondary N) is 1. The molecule has 2 aromatic rings. The molecule has 0 unspecified atom stereocenters. The number of hydrogen-bond donors (Lipinski definition) is 1. The van der Waals surface area contributed by atoms with Crippen LogP contribution in [0.2, 0.25) is 0 Å². The van der Waals surface area contributed by atoms with Gasteiger partial charge in [0.2, 0.25) is 5.91 Å². The predicted molar refractivity (Wildman–Crippen MR) is 116 cm³/mol. The minimum atomic E-state index is -3.77. The Morgan fingerprint density at radius 3 is 2.61 bits per heavy atom. The third-order valence-electron chi connectivity index (χ3n) is 4.43. The van der Waals surface area contributed by atoms with Crippen LogP contribution in [0.15, 0.2) is 51.8 Å². The van der Waals surface area contributed by atoms with E-state index in [1.165, 1.54) is 0 Å². The molecule has 0 fully saturated rings. The number of amides is 1. The summed E-state index contributed by atoms with van der Waals surface area (Å²) in [5.41, 5.74) is 3.58. The molecule has 0 bridgehead atoms. The summed E-state index contributed by atoms with van der Waals surface area (Å²) < 4.78 is 29.0. The van der Waals surface area contributed by atoms with Crippen LogP contribution in [0.3, 0.4) is 0 Å². The number of aryl methyl sites for hydroxylation is 2. The van der Waals surface area contributed by atoms with E-state index < -0.39 is 10.0 Å². The third-order valence-corrected chi connectivity index (χ3v) is 6.84. The maximum Gasteiger partial charge on any atom is 0.286 e. The minimum Gasteiger partial charge on any atom is -0.325 e. The summed E-state index contributed by atoms with van der Waals surface area (Å²) in [5, 5.41) is 3.18. The highest BCUT2D eigenvalue weighted by Crippen LogP contribution is 2.34. The van der Waals surface area contributed by atoms with Crippen LogP contribution in [0.5, 0.6) is 0 Å². The van der Waals surface area contributed by atoms with Crippen molar-refractivity contribution in [1.82, 2.24) is 0 Å². The maximum atomic E-state index is 12.5. The van der Waals surface area contributed by atoms with Gasteiger partial charge in [-0.25, -0.2) is 0 Å². The van der Waals surface area contributed by atoms with Gasteiger partial charge in [-0.2, -0.15) is 8.42 Å². The molecule has 0 atom stereocenters. The average Bonchev–Trinajstić information content (AvgIpc) is 2.66. The largest absolute Gasteiger partial charge is 0.325 e. The standard InChI is InChI=1S/C20H23N3O3S2/c1-4-11-23-17-7-5-6-8-18(17)28(25,26)22-20(23)27-13-19(24)21-16-10-9-14(2)15(3)12-16/h5-10,12H,4,11,13H2,1-3H3,(H,21,24). The first-order valence-electron chi connectivity index (χ1n) is 9.03. The molecular weight excluding hydrogens is 394 g/mol. The smallest absolute Gasteiger partial charge is 0.286 e. The van der Waals surface area contributed by atoms with Crippen molar-refractivity contribution >= 4 is 44.2 Å². The summed E-state index contributed by atoms with van der Waals surface area (Å²) in [6.45, 7) is 6.64. The lowest BCUT2D eigenvalue weighted by molar-refractivity contribution is -0.113. The van der Waals surface area contributed by atoms with E-state index >= 15 is 0 Å². The average molecular weight is 418 g/mol. The van der Waals surface area contributed by atoms with Gasteiger partial charge in [-0.1, -0.05) is 36.9 Å². The number of hydrogen-bond acceptors (Lipinski definition) is 5. The number of nitrogens with zero attached hydrogens (tertiary/aromatic N) is 2. The van der Waals surface area contributed by atoms with Crippen molar-refractivity contribution in [2.75, 3.05) is 22.5 Å². The Balaban J connectivity index is 1.76. The molecule has 1 aliphatic heterocycles. The molecule has 1 N–H and O–H groups in total. The van der Waals surface area contributed by atoms with Gasteiger partial charge >= 0.3 is 0 Å². The number of anilines is 2. The highest BCUT2D eigenvalue weighted by Gasteiger charge is 2.30. The van der Waals surface area contributed by atoms with Gasteiger partial charge in [0.05, 0.1) is 11.4 Å². The van der Waals surface area contributed by atoms with E-state index in [1.54, 1.807) is 24.3 Å². The number of sulfonamides is 1. The van der Waals surface area contributed by atoms with Crippen molar-refractivity contribution in [2.45, 2.75) is 32.1 Å². The summed E-state index contributed by atoms with van der Waals surface area (Å²) in [4.78, 5) is 14.4. The number of amidine groups is 1. The number of thioether (sulfide) groups is 1. The highest BCUT2D eigenvalue weighted by atomic mass is 32.2. The Morgan fingerprint density at radius 1 is 1.14 bits per heavy atom. The van der Waals surface area contributed by atoms with Crippen LogP contribution in [0, 0.1) is 13.8 Å². The monoisotopic (exact) mass is 417 g/mol. The van der Waals surface area contributed by atoms with Gasteiger partial charge in [-0.05, 0) is 55.7 Å². The first-order chi connectivity index (χ1) is 13.3. The van der Waals surface area contributed by atoms with E-state index in [2.05, 4.69) is 9.71 Å². The second kappa shape index (κ2) is 8.36. The van der Waals surface area contributed by atoms with Crippen LogP contribution >= 0.6 is 11.8 Å². The lowest BCUT2D eigenvalue weighted by Crippen LogP contribution is -2.35. The number of carbonyl (C=O) groups excluding carboxylic acids is 1. The zero-order valence-corrected chi connectivity index (χ0v) is 17.7. The topological polar surface area (TPSA) is 78.8 Å². The van der Waals surface area contributed by atoms with Gasteiger partial charge in [-0.3, -0.25) is 4.79 Å². The molecule has 0 spiro atoms. The van der Waals surface area contributed by atoms with Crippen LogP contribution in [0.25, 0.3) is 0 Å². The number of para-hydroxylation sites is 1. The van der Waals surface area contributed by atoms with Crippen molar-refractivity contribution in [1.29, 1.82) is 0 Å². The number of rotatable bonds is 5. The van der Waals surface area contributed by atoms with E-state index in [4.69, 9.17) is 0 Å². The van der Waals surface area contributed by atoms with Crippen molar-refractivity contribution < 1.29 is 13.2 Å². The molecule has 8 heteroatoms. The molecule has 1 amide bonds. The van der Waals surface area contributed by atoms with Crippen LogP contribution in [-0.2, 0) is 14.8 Å². The fourth-order valence-electron chi connectivity index (χ4n) is 2.89. The van der Waals surface area contributed by atoms with E-state index in [0.29, 0.717) is 17.4 Å². The molecule has 148 valence electrons. The first-order valence-corrected chi connectivity index (χ1v) is 11.5. The Morgan fingerprint density at radius 2 is 1.89 bits per heavy atom. The van der Waals surface area contributed by atoms with Gasteiger partial charge < -0.3 is 10.2 Å². The quantitative estimate of drug-likeness (QED) is 0.797. The molecule has 28 heavy (non-hydrogen) atoms. The zero-order chi connectivity index (χ0) is 20.3. The minimum absolute atomic E-state index is 0.0731. The van der Waals surface area contributed by atoms with Crippen LogP contribution in [0.1, 0.15) is 24.5 Å². The van der Waals surface area contributed by atoms with Crippen LogP contribution in [-0.4, -0.2) is 31.8 Å². The van der Waals surface area contributed by atoms with Gasteiger partial charge in [-0.15, -0.1) is 4.40 Å². The van der Waals surface area contributed by atoms with Gasteiger partial charge in [0.1, 0.15) is 4.90 Å². The fourth-order valence-corrected chi connectivity index (χ4v) is 5.17. The molecular formula is C20H23N3O3S2. The lowest BCUT2D eigenvalue weighted by Gasteiger charge is -2.29. The van der Waals surface area contributed by atoms with Crippen LogP contribution < -0.4 is 10.2 Å². The summed E-state index contributed by atoms with van der Waals surface area (Å²) in [6, 6.07) is 12.5. The van der Waals surface area contributed by atoms with E-state index in [0.717, 1.165) is 35.0 Å². The Labute approximate surface area is 170 Å². The molecule has 0 radical (unpaired) electrons. The molecule has 1 aliphatic rings. The fraction of sp³-hybridized carbons (Fsp3) is 0.300.